The van der Waals surface area contributed by atoms with Crippen molar-refractivity contribution in [2.45, 2.75) is 26.9 Å². The molecule has 1 aliphatic heterocycles. The molecule has 1 aliphatic rings. The van der Waals surface area contributed by atoms with E-state index in [4.69, 9.17) is 9.47 Å². The van der Waals surface area contributed by atoms with Crippen molar-refractivity contribution in [3.63, 3.8) is 0 Å². The molecule has 1 atom stereocenters. The molecule has 0 N–H and O–H groups in total. The summed E-state index contributed by atoms with van der Waals surface area (Å²) in [6.07, 6.45) is -0.279. The molecular weight excluding hydrogens is 204 g/mol. The van der Waals surface area contributed by atoms with Crippen molar-refractivity contribution in [2.24, 2.45) is 5.41 Å². The Balaban J connectivity index is 2.28. The van der Waals surface area contributed by atoms with E-state index in [0.29, 0.717) is 5.75 Å². The average molecular weight is 218 g/mol. The molecule has 1 unspecified atom stereocenters. The monoisotopic (exact) mass is 218 g/mol. The molecule has 1 rings (SSSR count). The summed E-state index contributed by atoms with van der Waals surface area (Å²) in [5.74, 6) is 0.293. The van der Waals surface area contributed by atoms with Crippen LogP contribution in [-0.4, -0.2) is 29.7 Å². The first kappa shape index (κ1) is 11.4. The van der Waals surface area contributed by atoms with Gasteiger partial charge in [0.1, 0.15) is 12.7 Å². The van der Waals surface area contributed by atoms with Crippen LogP contribution in [0.3, 0.4) is 0 Å². The number of carbonyl (C=O) groups excluding carboxylic acids is 2. The Morgan fingerprint density at radius 1 is 1.64 bits per heavy atom. The van der Waals surface area contributed by atoms with Crippen LogP contribution in [0.2, 0.25) is 0 Å². The summed E-state index contributed by atoms with van der Waals surface area (Å²) in [5.41, 5.74) is -0.504. The highest BCUT2D eigenvalue weighted by molar-refractivity contribution is 8.13. The minimum Gasteiger partial charge on any atom is -0.461 e. The Morgan fingerprint density at radius 3 is 2.71 bits per heavy atom. The molecule has 80 valence electrons. The molecule has 0 aromatic heterocycles. The van der Waals surface area contributed by atoms with Crippen molar-refractivity contribution in [3.05, 3.63) is 0 Å². The molecule has 0 amide bonds. The maximum Gasteiger partial charge on any atom is 0.367 e. The third-order valence-electron chi connectivity index (χ3n) is 1.66. The van der Waals surface area contributed by atoms with E-state index in [1.807, 2.05) is 0 Å². The van der Waals surface area contributed by atoms with E-state index in [-0.39, 0.29) is 24.0 Å². The molecule has 1 heterocycles. The Morgan fingerprint density at radius 2 is 2.29 bits per heavy atom. The SMILES string of the molecule is CC(C)(C)C(=O)OCC1CSC(=O)O1. The van der Waals surface area contributed by atoms with E-state index in [1.165, 1.54) is 0 Å². The van der Waals surface area contributed by atoms with Gasteiger partial charge in [-0.05, 0) is 32.5 Å². The number of rotatable bonds is 2. The van der Waals surface area contributed by atoms with Crippen LogP contribution in [0.25, 0.3) is 0 Å². The van der Waals surface area contributed by atoms with Gasteiger partial charge in [-0.1, -0.05) is 0 Å². The molecule has 1 fully saturated rings. The Hall–Kier alpha value is -0.710. The molecule has 0 radical (unpaired) electrons. The lowest BCUT2D eigenvalue weighted by molar-refractivity contribution is -0.155. The molecule has 5 heteroatoms. The van der Waals surface area contributed by atoms with Gasteiger partial charge >= 0.3 is 11.3 Å². The molecule has 4 nitrogen and oxygen atoms in total. The normalized spacial score (nSPS) is 21.9. The van der Waals surface area contributed by atoms with Crippen LogP contribution in [0.15, 0.2) is 0 Å². The molecule has 1 saturated heterocycles. The second-order valence-electron chi connectivity index (χ2n) is 4.15. The van der Waals surface area contributed by atoms with Crippen molar-refractivity contribution in [1.29, 1.82) is 0 Å². The highest BCUT2D eigenvalue weighted by Crippen LogP contribution is 2.21. The van der Waals surface area contributed by atoms with Crippen LogP contribution in [-0.2, 0) is 14.3 Å². The second-order valence-corrected chi connectivity index (χ2v) is 5.10. The first-order chi connectivity index (χ1) is 6.39. The predicted octanol–water partition coefficient (Wildman–Crippen LogP) is 1.83. The number of thioether (sulfide) groups is 1. The van der Waals surface area contributed by atoms with E-state index in [2.05, 4.69) is 0 Å². The topological polar surface area (TPSA) is 52.6 Å². The summed E-state index contributed by atoms with van der Waals surface area (Å²) in [7, 11) is 0. The second kappa shape index (κ2) is 4.21. The number of esters is 1. The molecule has 0 saturated carbocycles. The van der Waals surface area contributed by atoms with Crippen LogP contribution in [0.5, 0.6) is 0 Å². The van der Waals surface area contributed by atoms with Gasteiger partial charge in [0.25, 0.3) is 0 Å². The lowest BCUT2D eigenvalue weighted by atomic mass is 9.97. The number of ether oxygens (including phenoxy) is 2. The Labute approximate surface area is 87.3 Å². The number of hydrogen-bond acceptors (Lipinski definition) is 5. The van der Waals surface area contributed by atoms with Gasteiger partial charge in [0.15, 0.2) is 0 Å². The predicted molar refractivity (Wildman–Crippen MR) is 53.1 cm³/mol. The van der Waals surface area contributed by atoms with Crippen molar-refractivity contribution in [1.82, 2.24) is 0 Å². The summed E-state index contributed by atoms with van der Waals surface area (Å²) < 4.78 is 9.88. The van der Waals surface area contributed by atoms with Gasteiger partial charge in [-0.25, -0.2) is 4.79 Å². The maximum absolute atomic E-state index is 11.3. The Kier molecular flexibility index (Phi) is 3.42. The molecule has 0 bridgehead atoms. The van der Waals surface area contributed by atoms with E-state index in [0.717, 1.165) is 11.8 Å². The summed E-state index contributed by atoms with van der Waals surface area (Å²) in [5, 5.41) is -0.290. The molecule has 14 heavy (non-hydrogen) atoms. The van der Waals surface area contributed by atoms with Crippen LogP contribution in [0, 0.1) is 5.41 Å². The quantitative estimate of drug-likeness (QED) is 0.662. The molecule has 0 aromatic carbocycles. The standard InChI is InChI=1S/C9H14O4S/c1-9(2,3)7(10)12-4-6-5-14-8(11)13-6/h6H,4-5H2,1-3H3. The number of hydrogen-bond donors (Lipinski definition) is 0. The number of cyclic esters (lactones) is 1. The zero-order valence-electron chi connectivity index (χ0n) is 8.53. The minimum atomic E-state index is -0.504. The lowest BCUT2D eigenvalue weighted by Crippen LogP contribution is -2.28. The highest BCUT2D eigenvalue weighted by atomic mass is 32.2. The minimum absolute atomic E-state index is 0.162. The molecular formula is C9H14O4S. The molecule has 0 aliphatic carbocycles. The zero-order chi connectivity index (χ0) is 10.8. The van der Waals surface area contributed by atoms with Crippen molar-refractivity contribution in [2.75, 3.05) is 12.4 Å². The summed E-state index contributed by atoms with van der Waals surface area (Å²) in [4.78, 5) is 22.0. The fourth-order valence-corrected chi connectivity index (χ4v) is 1.52. The van der Waals surface area contributed by atoms with Crippen LogP contribution in [0.4, 0.5) is 4.79 Å². The van der Waals surface area contributed by atoms with E-state index in [1.54, 1.807) is 20.8 Å². The summed E-state index contributed by atoms with van der Waals surface area (Å²) >= 11 is 1.11. The van der Waals surface area contributed by atoms with Crippen LogP contribution < -0.4 is 0 Å². The fourth-order valence-electron chi connectivity index (χ4n) is 0.832. The van der Waals surface area contributed by atoms with Gasteiger partial charge in [-0.15, -0.1) is 0 Å². The molecule has 0 aromatic rings. The molecule has 0 spiro atoms. The van der Waals surface area contributed by atoms with Gasteiger partial charge < -0.3 is 9.47 Å². The average Bonchev–Trinajstić information content (AvgIpc) is 2.45. The first-order valence-electron chi connectivity index (χ1n) is 4.40. The van der Waals surface area contributed by atoms with Crippen molar-refractivity contribution in [3.8, 4) is 0 Å². The van der Waals surface area contributed by atoms with Gasteiger partial charge in [-0.3, -0.25) is 4.79 Å². The van der Waals surface area contributed by atoms with Gasteiger partial charge in [0.2, 0.25) is 0 Å². The number of carbonyl (C=O) groups is 2. The maximum atomic E-state index is 11.3. The zero-order valence-corrected chi connectivity index (χ0v) is 9.35. The van der Waals surface area contributed by atoms with Crippen molar-refractivity contribution < 1.29 is 19.1 Å². The summed E-state index contributed by atoms with van der Waals surface area (Å²) in [6, 6.07) is 0. The smallest absolute Gasteiger partial charge is 0.367 e. The van der Waals surface area contributed by atoms with Crippen LogP contribution in [0.1, 0.15) is 20.8 Å². The van der Waals surface area contributed by atoms with Gasteiger partial charge in [0.05, 0.1) is 5.41 Å². The summed E-state index contributed by atoms with van der Waals surface area (Å²) in [6.45, 7) is 5.51. The van der Waals surface area contributed by atoms with Gasteiger partial charge in [-0.2, -0.15) is 0 Å². The Bertz CT molecular complexity index is 244. The highest BCUT2D eigenvalue weighted by Gasteiger charge is 2.28. The van der Waals surface area contributed by atoms with Crippen molar-refractivity contribution >= 4 is 23.0 Å². The van der Waals surface area contributed by atoms with Crippen LogP contribution >= 0.6 is 11.8 Å². The third kappa shape index (κ3) is 3.21. The lowest BCUT2D eigenvalue weighted by Gasteiger charge is -2.17. The van der Waals surface area contributed by atoms with E-state index < -0.39 is 5.41 Å². The fraction of sp³-hybridized carbons (Fsp3) is 0.778. The van der Waals surface area contributed by atoms with Gasteiger partial charge in [0, 0.05) is 5.75 Å². The third-order valence-corrected chi connectivity index (χ3v) is 2.53. The first-order valence-corrected chi connectivity index (χ1v) is 5.39. The van der Waals surface area contributed by atoms with E-state index >= 15 is 0 Å². The largest absolute Gasteiger partial charge is 0.461 e. The van der Waals surface area contributed by atoms with E-state index in [9.17, 15) is 9.59 Å².